The standard InChI is InChI=1S/C13H17N3O6/c14-12(21)9-1-6(16-11(20)5-18)2-10(13(15)22)8(9)3-7(19)4-17/h1-2,7,17-19H,3-5H2,(H2,14,21)(H2,15,22)(H,16,20). The molecule has 0 aliphatic carbocycles. The summed E-state index contributed by atoms with van der Waals surface area (Å²) in [7, 11) is 0. The minimum atomic E-state index is -1.21. The predicted octanol–water partition coefficient (Wildman–Crippen LogP) is -2.29. The van der Waals surface area contributed by atoms with Gasteiger partial charge in [-0.05, 0) is 17.7 Å². The Morgan fingerprint density at radius 3 is 1.95 bits per heavy atom. The molecule has 0 bridgehead atoms. The Bertz CT molecular complexity index is 566. The number of benzene rings is 1. The van der Waals surface area contributed by atoms with Crippen LogP contribution in [0.25, 0.3) is 0 Å². The van der Waals surface area contributed by atoms with E-state index in [0.717, 1.165) is 0 Å². The molecular formula is C13H17N3O6. The molecule has 1 rings (SSSR count). The van der Waals surface area contributed by atoms with Crippen LogP contribution in [0.3, 0.4) is 0 Å². The third-order valence-electron chi connectivity index (χ3n) is 2.86. The van der Waals surface area contributed by atoms with Gasteiger partial charge in [0.25, 0.3) is 0 Å². The van der Waals surface area contributed by atoms with Crippen LogP contribution in [-0.2, 0) is 11.2 Å². The van der Waals surface area contributed by atoms with E-state index in [0.29, 0.717) is 0 Å². The van der Waals surface area contributed by atoms with Gasteiger partial charge in [-0.1, -0.05) is 0 Å². The number of aliphatic hydroxyl groups is 3. The molecule has 1 aromatic rings. The third-order valence-corrected chi connectivity index (χ3v) is 2.86. The Morgan fingerprint density at radius 2 is 1.59 bits per heavy atom. The highest BCUT2D eigenvalue weighted by Gasteiger charge is 2.21. The van der Waals surface area contributed by atoms with Crippen LogP contribution in [0.15, 0.2) is 12.1 Å². The van der Waals surface area contributed by atoms with Crippen molar-refractivity contribution in [2.75, 3.05) is 18.5 Å². The van der Waals surface area contributed by atoms with E-state index in [-0.39, 0.29) is 28.8 Å². The minimum Gasteiger partial charge on any atom is -0.394 e. The SMILES string of the molecule is NC(=O)c1cc(NC(=O)CO)cc(C(N)=O)c1CC(O)CO. The van der Waals surface area contributed by atoms with Crippen molar-refractivity contribution in [2.24, 2.45) is 11.5 Å². The molecule has 0 heterocycles. The number of hydrogen-bond donors (Lipinski definition) is 6. The molecule has 22 heavy (non-hydrogen) atoms. The molecule has 0 saturated carbocycles. The zero-order chi connectivity index (χ0) is 16.9. The van der Waals surface area contributed by atoms with Gasteiger partial charge in [0.15, 0.2) is 0 Å². The fraction of sp³-hybridized carbons (Fsp3) is 0.308. The van der Waals surface area contributed by atoms with E-state index in [9.17, 15) is 19.5 Å². The number of primary amides is 2. The monoisotopic (exact) mass is 311 g/mol. The van der Waals surface area contributed by atoms with Crippen LogP contribution in [-0.4, -0.2) is 52.4 Å². The second kappa shape index (κ2) is 7.50. The topological polar surface area (TPSA) is 176 Å². The summed E-state index contributed by atoms with van der Waals surface area (Å²) in [5.41, 5.74) is 10.3. The fourth-order valence-corrected chi connectivity index (χ4v) is 1.90. The summed E-state index contributed by atoms with van der Waals surface area (Å²) >= 11 is 0. The van der Waals surface area contributed by atoms with Gasteiger partial charge in [-0.3, -0.25) is 14.4 Å². The zero-order valence-corrected chi connectivity index (χ0v) is 11.6. The van der Waals surface area contributed by atoms with Crippen molar-refractivity contribution < 1.29 is 29.7 Å². The lowest BCUT2D eigenvalue weighted by molar-refractivity contribution is -0.118. The number of rotatable bonds is 7. The Labute approximate surface area is 125 Å². The smallest absolute Gasteiger partial charge is 0.250 e. The second-order valence-electron chi connectivity index (χ2n) is 4.53. The maximum atomic E-state index is 11.5. The third kappa shape index (κ3) is 4.25. The molecule has 0 saturated heterocycles. The van der Waals surface area contributed by atoms with Crippen LogP contribution in [0.1, 0.15) is 26.3 Å². The van der Waals surface area contributed by atoms with Gasteiger partial charge < -0.3 is 32.1 Å². The second-order valence-corrected chi connectivity index (χ2v) is 4.53. The van der Waals surface area contributed by atoms with Crippen LogP contribution < -0.4 is 16.8 Å². The van der Waals surface area contributed by atoms with Crippen LogP contribution in [0.2, 0.25) is 0 Å². The van der Waals surface area contributed by atoms with Gasteiger partial charge in [-0.2, -0.15) is 0 Å². The summed E-state index contributed by atoms with van der Waals surface area (Å²) in [5, 5.41) is 29.4. The summed E-state index contributed by atoms with van der Waals surface area (Å²) in [6, 6.07) is 2.39. The lowest BCUT2D eigenvalue weighted by Crippen LogP contribution is -2.25. The molecule has 1 aromatic carbocycles. The van der Waals surface area contributed by atoms with Gasteiger partial charge in [-0.15, -0.1) is 0 Å². The zero-order valence-electron chi connectivity index (χ0n) is 11.6. The largest absolute Gasteiger partial charge is 0.394 e. The number of nitrogens with one attached hydrogen (secondary N) is 1. The Morgan fingerprint density at radius 1 is 1.09 bits per heavy atom. The highest BCUT2D eigenvalue weighted by atomic mass is 16.3. The molecule has 1 unspecified atom stereocenters. The van der Waals surface area contributed by atoms with Crippen LogP contribution in [0.4, 0.5) is 5.69 Å². The van der Waals surface area contributed by atoms with Crippen molar-refractivity contribution in [1.29, 1.82) is 0 Å². The lowest BCUT2D eigenvalue weighted by atomic mass is 9.94. The lowest BCUT2D eigenvalue weighted by Gasteiger charge is -2.16. The van der Waals surface area contributed by atoms with Gasteiger partial charge in [-0.25, -0.2) is 0 Å². The van der Waals surface area contributed by atoms with Crippen molar-refractivity contribution in [1.82, 2.24) is 0 Å². The van der Waals surface area contributed by atoms with E-state index in [2.05, 4.69) is 5.32 Å². The number of carbonyl (C=O) groups is 3. The van der Waals surface area contributed by atoms with Crippen molar-refractivity contribution in [3.05, 3.63) is 28.8 Å². The molecule has 120 valence electrons. The quantitative estimate of drug-likeness (QED) is 0.330. The first kappa shape index (κ1) is 17.6. The predicted molar refractivity (Wildman–Crippen MR) is 76.0 cm³/mol. The fourth-order valence-electron chi connectivity index (χ4n) is 1.90. The first-order valence-electron chi connectivity index (χ1n) is 6.26. The van der Waals surface area contributed by atoms with Crippen molar-refractivity contribution in [3.8, 4) is 0 Å². The number of anilines is 1. The molecule has 0 aliphatic rings. The average Bonchev–Trinajstić information content (AvgIpc) is 2.47. The van der Waals surface area contributed by atoms with Crippen LogP contribution in [0, 0.1) is 0 Å². The molecule has 3 amide bonds. The number of nitrogens with two attached hydrogens (primary N) is 2. The van der Waals surface area contributed by atoms with Gasteiger partial charge in [0.1, 0.15) is 6.61 Å². The molecular weight excluding hydrogens is 294 g/mol. The van der Waals surface area contributed by atoms with Crippen molar-refractivity contribution in [3.63, 3.8) is 0 Å². The number of aliphatic hydroxyl groups excluding tert-OH is 3. The molecule has 0 radical (unpaired) electrons. The van der Waals surface area contributed by atoms with Crippen molar-refractivity contribution >= 4 is 23.4 Å². The van der Waals surface area contributed by atoms with Gasteiger partial charge >= 0.3 is 0 Å². The van der Waals surface area contributed by atoms with E-state index < -0.39 is 37.0 Å². The average molecular weight is 311 g/mol. The maximum Gasteiger partial charge on any atom is 0.250 e. The Hall–Kier alpha value is -2.49. The van der Waals surface area contributed by atoms with E-state index in [1.165, 1.54) is 12.1 Å². The number of amides is 3. The molecule has 8 N–H and O–H groups in total. The molecule has 9 nitrogen and oxygen atoms in total. The molecule has 9 heteroatoms. The van der Waals surface area contributed by atoms with E-state index in [1.54, 1.807) is 0 Å². The van der Waals surface area contributed by atoms with Crippen LogP contribution in [0.5, 0.6) is 0 Å². The van der Waals surface area contributed by atoms with Crippen molar-refractivity contribution in [2.45, 2.75) is 12.5 Å². The van der Waals surface area contributed by atoms with E-state index >= 15 is 0 Å². The first-order valence-corrected chi connectivity index (χ1v) is 6.26. The highest BCUT2D eigenvalue weighted by molar-refractivity contribution is 6.04. The minimum absolute atomic E-state index is 0.0453. The molecule has 0 fully saturated rings. The van der Waals surface area contributed by atoms with Gasteiger partial charge in [0.2, 0.25) is 17.7 Å². The first-order chi connectivity index (χ1) is 10.3. The summed E-state index contributed by atoms with van der Waals surface area (Å²) < 4.78 is 0. The molecule has 0 aliphatic heterocycles. The number of hydrogen-bond acceptors (Lipinski definition) is 6. The summed E-state index contributed by atoms with van der Waals surface area (Å²) in [5.74, 6) is -2.56. The molecule has 1 atom stereocenters. The molecule has 0 aromatic heterocycles. The maximum absolute atomic E-state index is 11.5. The van der Waals surface area contributed by atoms with Gasteiger partial charge in [0, 0.05) is 23.2 Å². The van der Waals surface area contributed by atoms with E-state index in [1.807, 2.05) is 0 Å². The van der Waals surface area contributed by atoms with E-state index in [4.69, 9.17) is 21.7 Å². The highest BCUT2D eigenvalue weighted by Crippen LogP contribution is 2.23. The Balaban J connectivity index is 3.43. The summed E-state index contributed by atoms with van der Waals surface area (Å²) in [6.45, 7) is -1.37. The summed E-state index contributed by atoms with van der Waals surface area (Å²) in [6.07, 6.45) is -1.43. The Kier molecular flexibility index (Phi) is 5.99. The molecule has 0 spiro atoms. The summed E-state index contributed by atoms with van der Waals surface area (Å²) in [4.78, 5) is 34.3. The van der Waals surface area contributed by atoms with Crippen LogP contribution >= 0.6 is 0 Å². The normalized spacial score (nSPS) is 11.8. The number of carbonyl (C=O) groups excluding carboxylic acids is 3. The van der Waals surface area contributed by atoms with Gasteiger partial charge in [0.05, 0.1) is 12.7 Å².